The van der Waals surface area contributed by atoms with Gasteiger partial charge in [0.15, 0.2) is 5.78 Å². The number of nitrogens with zero attached hydrogens (tertiary/aromatic N) is 2. The van der Waals surface area contributed by atoms with Crippen molar-refractivity contribution in [3.8, 4) is 0 Å². The normalized spacial score (nSPS) is 20.8. The van der Waals surface area contributed by atoms with Crippen LogP contribution in [-0.2, 0) is 9.59 Å². The zero-order valence-electron chi connectivity index (χ0n) is 16.5. The Morgan fingerprint density at radius 2 is 1.93 bits per heavy atom. The first-order valence-corrected chi connectivity index (χ1v) is 9.76. The summed E-state index contributed by atoms with van der Waals surface area (Å²) >= 11 is 0. The average Bonchev–Trinajstić information content (AvgIpc) is 2.81. The second-order valence-corrected chi connectivity index (χ2v) is 8.25. The van der Waals surface area contributed by atoms with Crippen molar-refractivity contribution in [3.05, 3.63) is 65.6 Å². The Morgan fingerprint density at radius 3 is 2.64 bits per heavy atom. The number of aromatic nitrogens is 1. The number of fused-ring (bicyclic) bond motifs is 1. The molecule has 28 heavy (non-hydrogen) atoms. The van der Waals surface area contributed by atoms with Crippen molar-refractivity contribution >= 4 is 23.1 Å². The summed E-state index contributed by atoms with van der Waals surface area (Å²) in [5.41, 5.74) is 3.78. The lowest BCUT2D eigenvalue weighted by Gasteiger charge is -2.36. The fourth-order valence-electron chi connectivity index (χ4n) is 4.25. The Balaban J connectivity index is 2.01. The molecule has 1 aromatic heterocycles. The molecule has 2 heterocycles. The molecule has 0 saturated carbocycles. The third-order valence-electron chi connectivity index (χ3n) is 5.44. The topological polar surface area (TPSA) is 62.3 Å². The van der Waals surface area contributed by atoms with Crippen LogP contribution in [0.1, 0.15) is 51.8 Å². The number of Topliss-reactive ketones (excluding diaryl/α,β-unsaturated/α-hetero) is 1. The quantitative estimate of drug-likeness (QED) is 0.831. The van der Waals surface area contributed by atoms with Gasteiger partial charge in [0.05, 0.1) is 17.1 Å². The Bertz CT molecular complexity index is 963. The number of para-hydroxylation sites is 2. The van der Waals surface area contributed by atoms with Gasteiger partial charge in [-0.1, -0.05) is 39.0 Å². The molecule has 5 heteroatoms. The van der Waals surface area contributed by atoms with Crippen molar-refractivity contribution in [1.29, 1.82) is 0 Å². The highest BCUT2D eigenvalue weighted by molar-refractivity contribution is 6.06. The van der Waals surface area contributed by atoms with Gasteiger partial charge < -0.3 is 5.32 Å². The third kappa shape index (κ3) is 3.11. The van der Waals surface area contributed by atoms with E-state index in [9.17, 15) is 9.59 Å². The number of pyridine rings is 1. The predicted molar refractivity (Wildman–Crippen MR) is 110 cm³/mol. The molecule has 1 unspecified atom stereocenters. The molecule has 4 rings (SSSR count). The van der Waals surface area contributed by atoms with E-state index in [1.54, 1.807) is 11.1 Å². The van der Waals surface area contributed by atoms with Crippen molar-refractivity contribution in [2.75, 3.05) is 10.2 Å². The molecule has 0 bridgehead atoms. The number of carbonyl (C=O) groups excluding carboxylic acids is 2. The molecule has 1 amide bonds. The minimum absolute atomic E-state index is 0.0312. The van der Waals surface area contributed by atoms with Crippen LogP contribution in [0.15, 0.2) is 59.9 Å². The van der Waals surface area contributed by atoms with Gasteiger partial charge in [0.1, 0.15) is 6.04 Å². The number of ketones is 1. The monoisotopic (exact) mass is 375 g/mol. The summed E-state index contributed by atoms with van der Waals surface area (Å²) in [6.45, 7) is 6.07. The van der Waals surface area contributed by atoms with Gasteiger partial charge in [0, 0.05) is 30.3 Å². The molecule has 2 aliphatic rings. The molecule has 1 atom stereocenters. The van der Waals surface area contributed by atoms with Crippen LogP contribution < -0.4 is 10.2 Å². The molecule has 0 spiro atoms. The molecule has 1 aliphatic heterocycles. The maximum atomic E-state index is 13.3. The highest BCUT2D eigenvalue weighted by Gasteiger charge is 2.43. The Kier molecular flexibility index (Phi) is 4.53. The Labute approximate surface area is 165 Å². The first-order valence-electron chi connectivity index (χ1n) is 9.76. The number of hydrogen-bond acceptors (Lipinski definition) is 4. The van der Waals surface area contributed by atoms with E-state index in [1.165, 1.54) is 0 Å². The molecule has 1 aliphatic carbocycles. The van der Waals surface area contributed by atoms with Crippen LogP contribution in [0.25, 0.3) is 0 Å². The maximum absolute atomic E-state index is 13.3. The van der Waals surface area contributed by atoms with Crippen LogP contribution in [0, 0.1) is 5.41 Å². The summed E-state index contributed by atoms with van der Waals surface area (Å²) in [4.78, 5) is 32.7. The standard InChI is InChI=1S/C23H25N3O2/c1-4-20(28)26-18-11-6-5-9-15(18)25-17-13-23(2,3)14-19(27)21(17)22(26)16-10-7-8-12-24-16/h5-12,22,25H,4,13-14H2,1-3H3. The van der Waals surface area contributed by atoms with Gasteiger partial charge in [0.2, 0.25) is 5.91 Å². The average molecular weight is 375 g/mol. The Morgan fingerprint density at radius 1 is 1.18 bits per heavy atom. The number of hydrogen-bond donors (Lipinski definition) is 1. The number of carbonyl (C=O) groups is 2. The molecule has 144 valence electrons. The lowest BCUT2D eigenvalue weighted by molar-refractivity contribution is -0.119. The molecular weight excluding hydrogens is 350 g/mol. The first kappa shape index (κ1) is 18.4. The molecule has 0 saturated heterocycles. The largest absolute Gasteiger partial charge is 0.357 e. The first-order chi connectivity index (χ1) is 13.4. The lowest BCUT2D eigenvalue weighted by Crippen LogP contribution is -2.39. The van der Waals surface area contributed by atoms with Crippen molar-refractivity contribution < 1.29 is 9.59 Å². The summed E-state index contributed by atoms with van der Waals surface area (Å²) in [5, 5.41) is 3.49. The number of allylic oxidation sites excluding steroid dienone is 1. The third-order valence-corrected chi connectivity index (χ3v) is 5.44. The van der Waals surface area contributed by atoms with Crippen LogP contribution in [0.5, 0.6) is 0 Å². The van der Waals surface area contributed by atoms with Gasteiger partial charge >= 0.3 is 0 Å². The van der Waals surface area contributed by atoms with Crippen molar-refractivity contribution in [2.24, 2.45) is 5.41 Å². The van der Waals surface area contributed by atoms with Crippen LogP contribution >= 0.6 is 0 Å². The lowest BCUT2D eigenvalue weighted by atomic mass is 9.73. The smallest absolute Gasteiger partial charge is 0.227 e. The highest BCUT2D eigenvalue weighted by atomic mass is 16.2. The highest BCUT2D eigenvalue weighted by Crippen LogP contribution is 2.47. The van der Waals surface area contributed by atoms with E-state index in [-0.39, 0.29) is 17.1 Å². The van der Waals surface area contributed by atoms with E-state index < -0.39 is 6.04 Å². The van der Waals surface area contributed by atoms with Gasteiger partial charge in [-0.25, -0.2) is 0 Å². The van der Waals surface area contributed by atoms with Crippen molar-refractivity contribution in [3.63, 3.8) is 0 Å². The molecule has 0 fully saturated rings. The van der Waals surface area contributed by atoms with E-state index in [0.717, 1.165) is 23.5 Å². The second-order valence-electron chi connectivity index (χ2n) is 8.25. The summed E-state index contributed by atoms with van der Waals surface area (Å²) in [6, 6.07) is 12.9. The minimum Gasteiger partial charge on any atom is -0.357 e. The summed E-state index contributed by atoms with van der Waals surface area (Å²) in [5.74, 6) is 0.0485. The zero-order chi connectivity index (χ0) is 19.9. The Hall–Kier alpha value is -2.95. The zero-order valence-corrected chi connectivity index (χ0v) is 16.5. The van der Waals surface area contributed by atoms with Gasteiger partial charge in [-0.3, -0.25) is 19.5 Å². The van der Waals surface area contributed by atoms with E-state index in [4.69, 9.17) is 0 Å². The van der Waals surface area contributed by atoms with Gasteiger partial charge in [-0.2, -0.15) is 0 Å². The van der Waals surface area contributed by atoms with E-state index in [2.05, 4.69) is 24.1 Å². The van der Waals surface area contributed by atoms with Gasteiger partial charge in [0.25, 0.3) is 0 Å². The van der Waals surface area contributed by atoms with E-state index >= 15 is 0 Å². The van der Waals surface area contributed by atoms with Crippen LogP contribution in [0.4, 0.5) is 11.4 Å². The van der Waals surface area contributed by atoms with Crippen LogP contribution in [0.3, 0.4) is 0 Å². The molecular formula is C23H25N3O2. The van der Waals surface area contributed by atoms with Crippen molar-refractivity contribution in [1.82, 2.24) is 4.98 Å². The number of nitrogens with one attached hydrogen (secondary N) is 1. The van der Waals surface area contributed by atoms with Crippen molar-refractivity contribution in [2.45, 2.75) is 46.1 Å². The number of rotatable bonds is 2. The second kappa shape index (κ2) is 6.89. The summed E-state index contributed by atoms with van der Waals surface area (Å²) in [6.07, 6.45) is 3.27. The summed E-state index contributed by atoms with van der Waals surface area (Å²) in [7, 11) is 0. The molecule has 0 radical (unpaired) electrons. The number of benzene rings is 1. The van der Waals surface area contributed by atoms with Crippen LogP contribution in [0.2, 0.25) is 0 Å². The summed E-state index contributed by atoms with van der Waals surface area (Å²) < 4.78 is 0. The SMILES string of the molecule is CCC(=O)N1c2ccccc2NC2=C(C(=O)CC(C)(C)C2)C1c1ccccn1. The number of amides is 1. The molecule has 1 N–H and O–H groups in total. The maximum Gasteiger partial charge on any atom is 0.227 e. The van der Waals surface area contributed by atoms with Gasteiger partial charge in [-0.05, 0) is 36.1 Å². The predicted octanol–water partition coefficient (Wildman–Crippen LogP) is 4.63. The molecule has 2 aromatic rings. The molecule has 5 nitrogen and oxygen atoms in total. The fraction of sp³-hybridized carbons (Fsp3) is 0.348. The number of anilines is 2. The van der Waals surface area contributed by atoms with Gasteiger partial charge in [-0.15, -0.1) is 0 Å². The van der Waals surface area contributed by atoms with E-state index in [1.807, 2.05) is 49.4 Å². The fourth-order valence-corrected chi connectivity index (χ4v) is 4.25. The van der Waals surface area contributed by atoms with Crippen LogP contribution in [-0.4, -0.2) is 16.7 Å². The molecule has 1 aromatic carbocycles. The van der Waals surface area contributed by atoms with E-state index in [0.29, 0.717) is 24.1 Å². The minimum atomic E-state index is -0.525.